The average molecular weight is 521 g/mol. The number of halogens is 2. The highest BCUT2D eigenvalue weighted by atomic mass is 19.3. The van der Waals surface area contributed by atoms with Crippen molar-refractivity contribution in [2.45, 2.75) is 83.8 Å². The molecule has 1 atom stereocenters. The Kier molecular flexibility index (Phi) is 7.96. The van der Waals surface area contributed by atoms with E-state index >= 15 is 0 Å². The van der Waals surface area contributed by atoms with E-state index in [1.807, 2.05) is 11.8 Å². The Bertz CT molecular complexity index is 1040. The molecule has 2 aromatic rings. The molecule has 1 unspecified atom stereocenters. The van der Waals surface area contributed by atoms with Crippen molar-refractivity contribution in [2.24, 2.45) is 0 Å². The third-order valence-electron chi connectivity index (χ3n) is 6.70. The number of hydrogen-bond acceptors (Lipinski definition) is 9. The van der Waals surface area contributed by atoms with Crippen LogP contribution in [-0.2, 0) is 5.92 Å². The van der Waals surface area contributed by atoms with E-state index in [2.05, 4.69) is 51.1 Å². The summed E-state index contributed by atoms with van der Waals surface area (Å²) in [7, 11) is 0. The summed E-state index contributed by atoms with van der Waals surface area (Å²) in [5.41, 5.74) is 0.518. The Labute approximate surface area is 216 Å². The lowest BCUT2D eigenvalue weighted by molar-refractivity contribution is 0.00558. The lowest BCUT2D eigenvalue weighted by atomic mass is 10.0. The quantitative estimate of drug-likeness (QED) is 0.560. The van der Waals surface area contributed by atoms with Crippen LogP contribution < -0.4 is 15.1 Å². The van der Waals surface area contributed by atoms with Gasteiger partial charge in [0.1, 0.15) is 0 Å². The fourth-order valence-corrected chi connectivity index (χ4v) is 5.01. The molecule has 2 aliphatic rings. The molecule has 2 aromatic heterocycles. The first-order valence-electron chi connectivity index (χ1n) is 13.1. The van der Waals surface area contributed by atoms with E-state index in [9.17, 15) is 13.6 Å². The molecule has 0 aromatic carbocycles. The van der Waals surface area contributed by atoms with Crippen LogP contribution in [0.4, 0.5) is 20.7 Å². The van der Waals surface area contributed by atoms with Crippen LogP contribution in [0.3, 0.4) is 0 Å². The molecule has 0 bridgehead atoms. The summed E-state index contributed by atoms with van der Waals surface area (Å²) in [5, 5.41) is 7.03. The molecule has 4 heterocycles. The highest BCUT2D eigenvalue weighted by Crippen LogP contribution is 2.28. The lowest BCUT2D eigenvalue weighted by Crippen LogP contribution is -2.48. The number of aromatic nitrogens is 4. The summed E-state index contributed by atoms with van der Waals surface area (Å²) in [4.78, 5) is 32.1. The van der Waals surface area contributed by atoms with E-state index in [0.29, 0.717) is 50.0 Å². The molecule has 0 radical (unpaired) electrons. The molecule has 1 N–H and O–H groups in total. The fraction of sp³-hybridized carbons (Fsp3) is 0.720. The highest BCUT2D eigenvalue weighted by Gasteiger charge is 2.34. The summed E-state index contributed by atoms with van der Waals surface area (Å²) in [6, 6.07) is 0.489. The van der Waals surface area contributed by atoms with Crippen LogP contribution in [0.1, 0.15) is 76.5 Å². The van der Waals surface area contributed by atoms with E-state index in [0.717, 1.165) is 32.9 Å². The van der Waals surface area contributed by atoms with E-state index in [1.165, 1.54) is 0 Å². The van der Waals surface area contributed by atoms with Gasteiger partial charge in [-0.1, -0.05) is 12.1 Å². The summed E-state index contributed by atoms with van der Waals surface area (Å²) in [5.74, 6) is -3.22. The zero-order valence-corrected chi connectivity index (χ0v) is 22.4. The molecule has 1 amide bonds. The van der Waals surface area contributed by atoms with Crippen molar-refractivity contribution in [1.29, 1.82) is 0 Å². The second kappa shape index (κ2) is 10.8. The number of hydrogen-bond donors (Lipinski definition) is 1. The SMILES string of the molecule is CCCN(C(=O)c1cnc(N2CCC(NC(C)(C)C)C2)nc1)C1CCN(c2nc(C(C)(F)F)no2)CC1. The van der Waals surface area contributed by atoms with Crippen molar-refractivity contribution >= 4 is 17.9 Å². The van der Waals surface area contributed by atoms with Crippen LogP contribution >= 0.6 is 0 Å². The number of carbonyl (C=O) groups excluding carboxylic acids is 1. The monoisotopic (exact) mass is 520 g/mol. The molecular formula is C25H38F2N8O2. The van der Waals surface area contributed by atoms with Crippen LogP contribution in [0.15, 0.2) is 16.9 Å². The third kappa shape index (κ3) is 6.71. The molecule has 10 nitrogen and oxygen atoms in total. The minimum atomic E-state index is -3.15. The first kappa shape index (κ1) is 27.2. The smallest absolute Gasteiger partial charge is 0.324 e. The molecule has 0 aliphatic carbocycles. The normalized spacial score (nSPS) is 19.5. The zero-order valence-electron chi connectivity index (χ0n) is 22.4. The number of nitrogens with one attached hydrogen (secondary N) is 1. The summed E-state index contributed by atoms with van der Waals surface area (Å²) in [6.45, 7) is 12.6. The van der Waals surface area contributed by atoms with E-state index in [1.54, 1.807) is 17.3 Å². The summed E-state index contributed by atoms with van der Waals surface area (Å²) >= 11 is 0. The van der Waals surface area contributed by atoms with Gasteiger partial charge in [0.15, 0.2) is 0 Å². The van der Waals surface area contributed by atoms with Gasteiger partial charge in [0.2, 0.25) is 11.8 Å². The van der Waals surface area contributed by atoms with Crippen LogP contribution in [0, 0.1) is 0 Å². The Hall–Kier alpha value is -2.89. The molecule has 12 heteroatoms. The number of alkyl halides is 2. The second-order valence-electron chi connectivity index (χ2n) is 11.1. The predicted octanol–water partition coefficient (Wildman–Crippen LogP) is 3.46. The van der Waals surface area contributed by atoms with Crippen LogP contribution in [0.2, 0.25) is 0 Å². The Morgan fingerprint density at radius 1 is 1.11 bits per heavy atom. The van der Waals surface area contributed by atoms with Crippen LogP contribution in [0.25, 0.3) is 0 Å². The molecular weight excluding hydrogens is 482 g/mol. The van der Waals surface area contributed by atoms with E-state index < -0.39 is 11.7 Å². The molecule has 2 saturated heterocycles. The molecule has 204 valence electrons. The third-order valence-corrected chi connectivity index (χ3v) is 6.70. The molecule has 4 rings (SSSR count). The van der Waals surface area contributed by atoms with Gasteiger partial charge in [-0.2, -0.15) is 13.8 Å². The van der Waals surface area contributed by atoms with Gasteiger partial charge in [-0.25, -0.2) is 9.97 Å². The van der Waals surface area contributed by atoms with Crippen molar-refractivity contribution < 1.29 is 18.1 Å². The Morgan fingerprint density at radius 3 is 2.32 bits per heavy atom. The van der Waals surface area contributed by atoms with Crippen molar-refractivity contribution in [3.63, 3.8) is 0 Å². The van der Waals surface area contributed by atoms with Crippen LogP contribution in [-0.4, -0.2) is 81.3 Å². The van der Waals surface area contributed by atoms with Gasteiger partial charge in [-0.15, -0.1) is 0 Å². The van der Waals surface area contributed by atoms with Crippen molar-refractivity contribution in [2.75, 3.05) is 42.5 Å². The molecule has 2 fully saturated rings. The summed E-state index contributed by atoms with van der Waals surface area (Å²) in [6.07, 6.45) is 6.42. The number of rotatable bonds is 8. The predicted molar refractivity (Wildman–Crippen MR) is 136 cm³/mol. The minimum Gasteiger partial charge on any atom is -0.339 e. The van der Waals surface area contributed by atoms with Gasteiger partial charge in [-0.3, -0.25) is 4.79 Å². The second-order valence-corrected chi connectivity index (χ2v) is 11.1. The standard InChI is InChI=1S/C25H38F2N8O2/c1-6-10-35(19-8-12-33(13-9-19)23-30-21(32-37-23)25(5,26)27)20(36)17-14-28-22(29-15-17)34-11-7-18(16-34)31-24(2,3)4/h14-15,18-19,31H,6-13,16H2,1-5H3. The highest BCUT2D eigenvalue weighted by molar-refractivity contribution is 5.94. The maximum atomic E-state index is 13.5. The van der Waals surface area contributed by atoms with Gasteiger partial charge in [-0.05, 0) is 46.5 Å². The largest absolute Gasteiger partial charge is 0.339 e. The molecule has 0 saturated carbocycles. The molecule has 2 aliphatic heterocycles. The van der Waals surface area contributed by atoms with Gasteiger partial charge in [0.25, 0.3) is 5.91 Å². The minimum absolute atomic E-state index is 0.0150. The Balaban J connectivity index is 1.36. The number of anilines is 2. The molecule has 0 spiro atoms. The van der Waals surface area contributed by atoms with Crippen LogP contribution in [0.5, 0.6) is 0 Å². The van der Waals surface area contributed by atoms with E-state index in [4.69, 9.17) is 4.52 Å². The first-order valence-corrected chi connectivity index (χ1v) is 13.1. The summed E-state index contributed by atoms with van der Waals surface area (Å²) < 4.78 is 32.0. The lowest BCUT2D eigenvalue weighted by Gasteiger charge is -2.37. The van der Waals surface area contributed by atoms with Crippen molar-refractivity contribution in [3.05, 3.63) is 23.8 Å². The van der Waals surface area contributed by atoms with Gasteiger partial charge in [0, 0.05) is 69.7 Å². The zero-order chi connectivity index (χ0) is 26.8. The maximum Gasteiger partial charge on any atom is 0.324 e. The fourth-order valence-electron chi connectivity index (χ4n) is 5.01. The number of carbonyl (C=O) groups is 1. The van der Waals surface area contributed by atoms with E-state index in [-0.39, 0.29) is 23.5 Å². The molecule has 37 heavy (non-hydrogen) atoms. The van der Waals surface area contributed by atoms with Crippen molar-refractivity contribution in [3.8, 4) is 0 Å². The topological polar surface area (TPSA) is 104 Å². The number of nitrogens with zero attached hydrogens (tertiary/aromatic N) is 7. The van der Waals surface area contributed by atoms with Gasteiger partial charge >= 0.3 is 11.9 Å². The maximum absolute atomic E-state index is 13.5. The number of piperidine rings is 1. The number of amides is 1. The Morgan fingerprint density at radius 2 is 1.76 bits per heavy atom. The van der Waals surface area contributed by atoms with Gasteiger partial charge in [0.05, 0.1) is 5.56 Å². The average Bonchev–Trinajstić information content (AvgIpc) is 3.52. The first-order chi connectivity index (χ1) is 17.4. The van der Waals surface area contributed by atoms with Crippen molar-refractivity contribution in [1.82, 2.24) is 30.3 Å². The van der Waals surface area contributed by atoms with Gasteiger partial charge < -0.3 is 24.5 Å².